The number of carbonyl (C=O) groups is 1. The van der Waals surface area contributed by atoms with E-state index in [0.29, 0.717) is 6.54 Å². The van der Waals surface area contributed by atoms with Crippen molar-refractivity contribution in [1.82, 2.24) is 15.2 Å². The van der Waals surface area contributed by atoms with Gasteiger partial charge in [-0.1, -0.05) is 29.3 Å². The van der Waals surface area contributed by atoms with Crippen LogP contribution >= 0.6 is 0 Å². The Morgan fingerprint density at radius 2 is 1.77 bits per heavy atom. The Morgan fingerprint density at radius 3 is 2.41 bits per heavy atom. The van der Waals surface area contributed by atoms with Crippen LogP contribution in [0, 0.1) is 13.8 Å². The number of hydrogen-bond donors (Lipinski definition) is 3. The zero-order valence-electron chi connectivity index (χ0n) is 13.0. The third-order valence-corrected chi connectivity index (χ3v) is 3.41. The van der Waals surface area contributed by atoms with Crippen LogP contribution in [0.25, 0.3) is 0 Å². The summed E-state index contributed by atoms with van der Waals surface area (Å²) >= 11 is 0. The highest BCUT2D eigenvalue weighted by atomic mass is 16.3. The number of amides is 2. The summed E-state index contributed by atoms with van der Waals surface area (Å²) in [6, 6.07) is 9.54. The molecule has 0 aliphatic heterocycles. The number of rotatable bonds is 6. The van der Waals surface area contributed by atoms with Crippen molar-refractivity contribution in [3.05, 3.63) is 59.4 Å². The molecule has 0 aliphatic carbocycles. The molecule has 0 saturated heterocycles. The lowest BCUT2D eigenvalue weighted by atomic mass is 10.0. The molecule has 118 valence electrons. The number of benzene rings is 1. The molecule has 0 aliphatic rings. The lowest BCUT2D eigenvalue weighted by Gasteiger charge is -2.14. The molecule has 2 rings (SSSR count). The highest BCUT2D eigenvalue weighted by molar-refractivity contribution is 5.73. The van der Waals surface area contributed by atoms with E-state index in [9.17, 15) is 9.90 Å². The summed E-state index contributed by atoms with van der Waals surface area (Å²) in [6.45, 7) is 5.44. The summed E-state index contributed by atoms with van der Waals surface area (Å²) in [7, 11) is 0. The van der Waals surface area contributed by atoms with E-state index in [1.807, 2.05) is 55.1 Å². The van der Waals surface area contributed by atoms with Gasteiger partial charge in [-0.25, -0.2) is 4.79 Å². The Balaban J connectivity index is 1.73. The lowest BCUT2D eigenvalue weighted by Crippen LogP contribution is -2.39. The number of aliphatic hydroxyl groups is 1. The molecule has 0 unspecified atom stereocenters. The fraction of sp³-hybridized carbons (Fsp3) is 0.353. The van der Waals surface area contributed by atoms with Crippen molar-refractivity contribution in [2.24, 2.45) is 0 Å². The van der Waals surface area contributed by atoms with Gasteiger partial charge < -0.3 is 20.3 Å². The largest absolute Gasteiger partial charge is 0.387 e. The summed E-state index contributed by atoms with van der Waals surface area (Å²) in [5, 5.41) is 15.6. The van der Waals surface area contributed by atoms with Gasteiger partial charge in [0.05, 0.1) is 6.10 Å². The van der Waals surface area contributed by atoms with Gasteiger partial charge in [-0.3, -0.25) is 0 Å². The van der Waals surface area contributed by atoms with Crippen molar-refractivity contribution in [1.29, 1.82) is 0 Å². The molecule has 0 saturated carbocycles. The molecule has 0 fully saturated rings. The highest BCUT2D eigenvalue weighted by Gasteiger charge is 2.10. The maximum atomic E-state index is 11.7. The van der Waals surface area contributed by atoms with Crippen molar-refractivity contribution < 1.29 is 9.90 Å². The number of hydrogen-bond acceptors (Lipinski definition) is 2. The van der Waals surface area contributed by atoms with Crippen LogP contribution in [0.5, 0.6) is 0 Å². The topological polar surface area (TPSA) is 66.3 Å². The fourth-order valence-corrected chi connectivity index (χ4v) is 2.39. The lowest BCUT2D eigenvalue weighted by molar-refractivity contribution is 0.173. The smallest absolute Gasteiger partial charge is 0.314 e. The monoisotopic (exact) mass is 301 g/mol. The number of nitrogens with zero attached hydrogens (tertiary/aromatic N) is 1. The molecule has 0 bridgehead atoms. The molecule has 22 heavy (non-hydrogen) atoms. The van der Waals surface area contributed by atoms with Crippen LogP contribution in [-0.2, 0) is 6.54 Å². The predicted molar refractivity (Wildman–Crippen MR) is 86.7 cm³/mol. The Labute approximate surface area is 131 Å². The molecular formula is C17H23N3O2. The molecule has 1 aromatic carbocycles. The first-order valence-corrected chi connectivity index (χ1v) is 7.43. The second-order valence-corrected chi connectivity index (χ2v) is 5.49. The normalized spacial score (nSPS) is 12.0. The number of nitrogens with one attached hydrogen (secondary N) is 2. The molecule has 0 spiro atoms. The van der Waals surface area contributed by atoms with E-state index in [1.54, 1.807) is 0 Å². The van der Waals surface area contributed by atoms with Gasteiger partial charge in [0.1, 0.15) is 0 Å². The van der Waals surface area contributed by atoms with Crippen LogP contribution in [-0.4, -0.2) is 28.8 Å². The van der Waals surface area contributed by atoms with Crippen LogP contribution in [0.15, 0.2) is 42.7 Å². The van der Waals surface area contributed by atoms with Crippen molar-refractivity contribution >= 4 is 6.03 Å². The molecular weight excluding hydrogens is 278 g/mol. The van der Waals surface area contributed by atoms with E-state index in [-0.39, 0.29) is 12.6 Å². The summed E-state index contributed by atoms with van der Waals surface area (Å²) < 4.78 is 1.99. The van der Waals surface area contributed by atoms with Crippen molar-refractivity contribution in [2.75, 3.05) is 13.1 Å². The van der Waals surface area contributed by atoms with Crippen LogP contribution in [0.2, 0.25) is 0 Å². The summed E-state index contributed by atoms with van der Waals surface area (Å²) in [5.74, 6) is 0. The fourth-order valence-electron chi connectivity index (χ4n) is 2.39. The van der Waals surface area contributed by atoms with Gasteiger partial charge in [-0.2, -0.15) is 0 Å². The average Bonchev–Trinajstić information content (AvgIpc) is 2.97. The van der Waals surface area contributed by atoms with Gasteiger partial charge in [-0.15, -0.1) is 0 Å². The van der Waals surface area contributed by atoms with Crippen LogP contribution in [0.3, 0.4) is 0 Å². The Kier molecular flexibility index (Phi) is 5.61. The second-order valence-electron chi connectivity index (χ2n) is 5.49. The molecule has 3 N–H and O–H groups in total. The SMILES string of the molecule is Cc1cc(C)cc([C@H](O)CNC(=O)NCCn2cccc2)c1. The molecule has 1 atom stereocenters. The van der Waals surface area contributed by atoms with E-state index in [0.717, 1.165) is 23.2 Å². The average molecular weight is 301 g/mol. The molecule has 2 amide bonds. The molecule has 5 nitrogen and oxygen atoms in total. The third-order valence-electron chi connectivity index (χ3n) is 3.41. The Morgan fingerprint density at radius 1 is 1.14 bits per heavy atom. The zero-order chi connectivity index (χ0) is 15.9. The van der Waals surface area contributed by atoms with E-state index < -0.39 is 6.10 Å². The number of urea groups is 1. The molecule has 1 aromatic heterocycles. The van der Waals surface area contributed by atoms with Crippen LogP contribution < -0.4 is 10.6 Å². The van der Waals surface area contributed by atoms with Crippen LogP contribution in [0.4, 0.5) is 4.79 Å². The van der Waals surface area contributed by atoms with E-state index >= 15 is 0 Å². The Hall–Kier alpha value is -2.27. The Bertz CT molecular complexity index is 588. The minimum Gasteiger partial charge on any atom is -0.387 e. The minimum absolute atomic E-state index is 0.193. The molecule has 5 heteroatoms. The maximum absolute atomic E-state index is 11.7. The van der Waals surface area contributed by atoms with Gasteiger partial charge in [0.2, 0.25) is 0 Å². The van der Waals surface area contributed by atoms with Gasteiger partial charge in [0.15, 0.2) is 0 Å². The van der Waals surface area contributed by atoms with Gasteiger partial charge >= 0.3 is 6.03 Å². The van der Waals surface area contributed by atoms with E-state index in [2.05, 4.69) is 16.7 Å². The first-order chi connectivity index (χ1) is 10.5. The number of aryl methyl sites for hydroxylation is 2. The summed E-state index contributed by atoms with van der Waals surface area (Å²) in [5.41, 5.74) is 3.03. The minimum atomic E-state index is -0.700. The van der Waals surface area contributed by atoms with Crippen molar-refractivity contribution in [2.45, 2.75) is 26.5 Å². The first-order valence-electron chi connectivity index (χ1n) is 7.43. The van der Waals surface area contributed by atoms with E-state index in [4.69, 9.17) is 0 Å². The summed E-state index contributed by atoms with van der Waals surface area (Å²) in [4.78, 5) is 11.7. The first kappa shape index (κ1) is 16.1. The second kappa shape index (κ2) is 7.66. The molecule has 1 heterocycles. The number of carbonyl (C=O) groups excluding carboxylic acids is 1. The maximum Gasteiger partial charge on any atom is 0.314 e. The zero-order valence-corrected chi connectivity index (χ0v) is 13.0. The third kappa shape index (κ3) is 4.93. The van der Waals surface area contributed by atoms with Crippen molar-refractivity contribution in [3.8, 4) is 0 Å². The van der Waals surface area contributed by atoms with Crippen LogP contribution in [0.1, 0.15) is 22.8 Å². The number of aromatic nitrogens is 1. The van der Waals surface area contributed by atoms with Gasteiger partial charge in [0, 0.05) is 32.0 Å². The van der Waals surface area contributed by atoms with Gasteiger partial charge in [-0.05, 0) is 31.5 Å². The summed E-state index contributed by atoms with van der Waals surface area (Å²) in [6.07, 6.45) is 3.20. The molecule has 0 radical (unpaired) electrons. The quantitative estimate of drug-likeness (QED) is 0.765. The number of aliphatic hydroxyl groups excluding tert-OH is 1. The van der Waals surface area contributed by atoms with Gasteiger partial charge in [0.25, 0.3) is 0 Å². The van der Waals surface area contributed by atoms with Crippen molar-refractivity contribution in [3.63, 3.8) is 0 Å². The van der Waals surface area contributed by atoms with E-state index in [1.165, 1.54) is 0 Å². The standard InChI is InChI=1S/C17H23N3O2/c1-13-9-14(2)11-15(10-13)16(21)12-19-17(22)18-5-8-20-6-3-4-7-20/h3-4,6-7,9-11,16,21H,5,8,12H2,1-2H3,(H2,18,19,22)/t16-/m1/s1. The molecule has 2 aromatic rings. The predicted octanol–water partition coefficient (Wildman–Crippen LogP) is 2.14. The highest BCUT2D eigenvalue weighted by Crippen LogP contribution is 2.16.